The van der Waals surface area contributed by atoms with E-state index in [0.29, 0.717) is 11.8 Å². The maximum atomic E-state index is 13.1. The van der Waals surface area contributed by atoms with Gasteiger partial charge in [-0.25, -0.2) is 4.39 Å². The van der Waals surface area contributed by atoms with E-state index in [9.17, 15) is 4.39 Å². The number of allylic oxidation sites excluding steroid dienone is 1. The molecular formula is C28H35F. The molecule has 1 heteroatoms. The first kappa shape index (κ1) is 20.4. The van der Waals surface area contributed by atoms with Crippen LogP contribution >= 0.6 is 0 Å². The van der Waals surface area contributed by atoms with E-state index in [2.05, 4.69) is 43.3 Å². The standard InChI is InChI=1S/C28H35F/c1-2-21-5-11-24(12-6-21)25-13-7-22(8-14-25)3-4-23-9-15-26(16-10-23)27-17-19-28(29)20-18-27/h3-4,7-8,13-14,17-21,23-24,26H,2,5-6,9-12,15-16H2,1H3/b4-3+/t21-,23-,24-,26-. The first-order valence-corrected chi connectivity index (χ1v) is 11.7. The third-order valence-corrected chi connectivity index (χ3v) is 7.51. The van der Waals surface area contributed by atoms with Crippen molar-refractivity contribution < 1.29 is 4.39 Å². The van der Waals surface area contributed by atoms with Gasteiger partial charge in [0.1, 0.15) is 5.82 Å². The van der Waals surface area contributed by atoms with Gasteiger partial charge in [0.2, 0.25) is 0 Å². The summed E-state index contributed by atoms with van der Waals surface area (Å²) in [7, 11) is 0. The van der Waals surface area contributed by atoms with Gasteiger partial charge in [0.05, 0.1) is 0 Å². The molecule has 4 rings (SSSR count). The average molecular weight is 391 g/mol. The molecule has 2 fully saturated rings. The lowest BCUT2D eigenvalue weighted by Crippen LogP contribution is -2.12. The van der Waals surface area contributed by atoms with E-state index in [-0.39, 0.29) is 5.82 Å². The number of halogens is 1. The molecular weight excluding hydrogens is 355 g/mol. The van der Waals surface area contributed by atoms with E-state index in [1.807, 2.05) is 12.1 Å². The zero-order valence-electron chi connectivity index (χ0n) is 17.8. The van der Waals surface area contributed by atoms with Gasteiger partial charge >= 0.3 is 0 Å². The molecule has 0 unspecified atom stereocenters. The highest BCUT2D eigenvalue weighted by Gasteiger charge is 2.22. The van der Waals surface area contributed by atoms with Crippen molar-refractivity contribution in [2.45, 2.75) is 76.5 Å². The number of rotatable bonds is 5. The fraction of sp³-hybridized carbons (Fsp3) is 0.500. The van der Waals surface area contributed by atoms with Gasteiger partial charge in [-0.1, -0.05) is 61.9 Å². The van der Waals surface area contributed by atoms with Gasteiger partial charge in [-0.15, -0.1) is 0 Å². The molecule has 2 aliphatic rings. The molecule has 0 radical (unpaired) electrons. The molecule has 0 atom stereocenters. The highest BCUT2D eigenvalue weighted by atomic mass is 19.1. The van der Waals surface area contributed by atoms with Crippen molar-refractivity contribution in [1.29, 1.82) is 0 Å². The maximum absolute atomic E-state index is 13.1. The van der Waals surface area contributed by atoms with Crippen molar-refractivity contribution in [3.05, 3.63) is 77.1 Å². The highest BCUT2D eigenvalue weighted by molar-refractivity contribution is 5.50. The van der Waals surface area contributed by atoms with Gasteiger partial charge in [0, 0.05) is 0 Å². The lowest BCUT2D eigenvalue weighted by Gasteiger charge is -2.28. The Morgan fingerprint density at radius 1 is 0.724 bits per heavy atom. The summed E-state index contributed by atoms with van der Waals surface area (Å²) in [6.45, 7) is 2.33. The van der Waals surface area contributed by atoms with Crippen LogP contribution in [0.2, 0.25) is 0 Å². The van der Waals surface area contributed by atoms with Crippen molar-refractivity contribution in [2.24, 2.45) is 11.8 Å². The topological polar surface area (TPSA) is 0 Å². The minimum Gasteiger partial charge on any atom is -0.207 e. The Kier molecular flexibility index (Phi) is 6.85. The fourth-order valence-corrected chi connectivity index (χ4v) is 5.41. The zero-order chi connectivity index (χ0) is 20.1. The molecule has 0 heterocycles. The van der Waals surface area contributed by atoms with Gasteiger partial charge in [-0.2, -0.15) is 0 Å². The van der Waals surface area contributed by atoms with Crippen LogP contribution in [0.25, 0.3) is 6.08 Å². The Bertz CT molecular complexity index is 770. The molecule has 154 valence electrons. The van der Waals surface area contributed by atoms with Gasteiger partial charge in [-0.3, -0.25) is 0 Å². The Morgan fingerprint density at radius 3 is 1.79 bits per heavy atom. The quantitative estimate of drug-likeness (QED) is 0.480. The molecule has 0 spiro atoms. The molecule has 0 aromatic heterocycles. The van der Waals surface area contributed by atoms with Crippen LogP contribution < -0.4 is 0 Å². The summed E-state index contributed by atoms with van der Waals surface area (Å²) in [5, 5.41) is 0. The molecule has 2 saturated carbocycles. The third kappa shape index (κ3) is 5.38. The molecule has 0 amide bonds. The summed E-state index contributed by atoms with van der Waals surface area (Å²) in [5.74, 6) is 2.88. The third-order valence-electron chi connectivity index (χ3n) is 7.51. The summed E-state index contributed by atoms with van der Waals surface area (Å²) < 4.78 is 13.1. The van der Waals surface area contributed by atoms with Gasteiger partial charge < -0.3 is 0 Å². The van der Waals surface area contributed by atoms with Crippen molar-refractivity contribution in [2.75, 3.05) is 0 Å². The van der Waals surface area contributed by atoms with Crippen molar-refractivity contribution in [3.63, 3.8) is 0 Å². The Morgan fingerprint density at radius 2 is 1.24 bits per heavy atom. The summed E-state index contributed by atoms with van der Waals surface area (Å²) >= 11 is 0. The van der Waals surface area contributed by atoms with Crippen LogP contribution in [-0.4, -0.2) is 0 Å². The van der Waals surface area contributed by atoms with Crippen LogP contribution in [0.15, 0.2) is 54.6 Å². The number of hydrogen-bond acceptors (Lipinski definition) is 0. The largest absolute Gasteiger partial charge is 0.207 e. The summed E-state index contributed by atoms with van der Waals surface area (Å²) in [6.07, 6.45) is 16.5. The number of benzene rings is 2. The molecule has 0 aliphatic heterocycles. The molecule has 0 saturated heterocycles. The molecule has 0 nitrogen and oxygen atoms in total. The molecule has 2 aliphatic carbocycles. The normalized spacial score (nSPS) is 27.9. The second-order valence-electron chi connectivity index (χ2n) is 9.31. The van der Waals surface area contributed by atoms with Gasteiger partial charge in [0.15, 0.2) is 0 Å². The average Bonchev–Trinajstić information content (AvgIpc) is 2.79. The summed E-state index contributed by atoms with van der Waals surface area (Å²) in [5.41, 5.74) is 4.17. The van der Waals surface area contributed by atoms with Crippen LogP contribution in [0.4, 0.5) is 4.39 Å². The van der Waals surface area contributed by atoms with E-state index in [0.717, 1.165) is 11.8 Å². The first-order chi connectivity index (χ1) is 14.2. The lowest BCUT2D eigenvalue weighted by atomic mass is 9.77. The van der Waals surface area contributed by atoms with Crippen LogP contribution in [0.5, 0.6) is 0 Å². The molecule has 2 aromatic carbocycles. The smallest absolute Gasteiger partial charge is 0.123 e. The Hall–Kier alpha value is -1.89. The van der Waals surface area contributed by atoms with Crippen molar-refractivity contribution >= 4 is 6.08 Å². The highest BCUT2D eigenvalue weighted by Crippen LogP contribution is 2.38. The molecule has 2 aromatic rings. The zero-order valence-corrected chi connectivity index (χ0v) is 17.8. The van der Waals surface area contributed by atoms with Crippen LogP contribution in [0.1, 0.15) is 93.2 Å². The first-order valence-electron chi connectivity index (χ1n) is 11.7. The van der Waals surface area contributed by atoms with Crippen LogP contribution in [0, 0.1) is 17.7 Å². The fourth-order valence-electron chi connectivity index (χ4n) is 5.41. The van der Waals surface area contributed by atoms with Crippen molar-refractivity contribution in [1.82, 2.24) is 0 Å². The van der Waals surface area contributed by atoms with E-state index >= 15 is 0 Å². The second kappa shape index (κ2) is 9.74. The van der Waals surface area contributed by atoms with E-state index < -0.39 is 0 Å². The summed E-state index contributed by atoms with van der Waals surface area (Å²) in [4.78, 5) is 0. The van der Waals surface area contributed by atoms with E-state index in [1.165, 1.54) is 74.5 Å². The lowest BCUT2D eigenvalue weighted by molar-refractivity contribution is 0.319. The van der Waals surface area contributed by atoms with E-state index in [4.69, 9.17) is 0 Å². The molecule has 29 heavy (non-hydrogen) atoms. The predicted molar refractivity (Wildman–Crippen MR) is 122 cm³/mol. The Balaban J connectivity index is 1.27. The summed E-state index contributed by atoms with van der Waals surface area (Å²) in [6, 6.07) is 16.5. The minimum absolute atomic E-state index is 0.134. The molecule has 0 N–H and O–H groups in total. The predicted octanol–water partition coefficient (Wildman–Crippen LogP) is 8.50. The van der Waals surface area contributed by atoms with E-state index in [1.54, 1.807) is 12.1 Å². The SMILES string of the molecule is CC[C@H]1CC[C@H](c2ccc(/C=C/[C@H]3CC[C@H](c4ccc(F)cc4)CC3)cc2)CC1. The van der Waals surface area contributed by atoms with Gasteiger partial charge in [0.25, 0.3) is 0 Å². The van der Waals surface area contributed by atoms with Gasteiger partial charge in [-0.05, 0) is 104 Å². The monoisotopic (exact) mass is 390 g/mol. The maximum Gasteiger partial charge on any atom is 0.123 e. The molecule has 0 bridgehead atoms. The minimum atomic E-state index is -0.134. The van der Waals surface area contributed by atoms with Crippen molar-refractivity contribution in [3.8, 4) is 0 Å². The van der Waals surface area contributed by atoms with Crippen LogP contribution in [-0.2, 0) is 0 Å². The van der Waals surface area contributed by atoms with Crippen LogP contribution in [0.3, 0.4) is 0 Å². The second-order valence-corrected chi connectivity index (χ2v) is 9.31. The Labute approximate surface area is 176 Å². The number of hydrogen-bond donors (Lipinski definition) is 0.